The lowest BCUT2D eigenvalue weighted by Crippen LogP contribution is -2.21. The van der Waals surface area contributed by atoms with E-state index in [1.165, 1.54) is 29.1 Å². The lowest BCUT2D eigenvalue weighted by Gasteiger charge is -2.23. The molecule has 0 aliphatic rings. The molecule has 2 aromatic heterocycles. The molecule has 0 spiro atoms. The minimum absolute atomic E-state index is 0.130. The first kappa shape index (κ1) is 16.3. The van der Waals surface area contributed by atoms with Crippen molar-refractivity contribution in [3.63, 3.8) is 0 Å². The summed E-state index contributed by atoms with van der Waals surface area (Å²) < 4.78 is 2.12. The summed E-state index contributed by atoms with van der Waals surface area (Å²) in [6, 6.07) is 2.22. The molecular formula is C18H28N2S. The highest BCUT2D eigenvalue weighted by molar-refractivity contribution is 7.09. The topological polar surface area (TPSA) is 17.8 Å². The van der Waals surface area contributed by atoms with Crippen LogP contribution in [-0.2, 0) is 24.3 Å². The van der Waals surface area contributed by atoms with Crippen molar-refractivity contribution in [2.24, 2.45) is 7.05 Å². The van der Waals surface area contributed by atoms with Gasteiger partial charge in [-0.3, -0.25) is 0 Å². The number of nitrogens with zero attached hydrogens (tertiary/aromatic N) is 2. The summed E-state index contributed by atoms with van der Waals surface area (Å²) in [6.07, 6.45) is 7.74. The average molecular weight is 305 g/mol. The normalized spacial score (nSPS) is 12.9. The molecule has 116 valence electrons. The molecule has 3 heteroatoms. The highest BCUT2D eigenvalue weighted by Crippen LogP contribution is 2.33. The van der Waals surface area contributed by atoms with Gasteiger partial charge in [-0.2, -0.15) is 0 Å². The smallest absolute Gasteiger partial charge is 0.0937 e. The standard InChI is InChI=1S/C18H28N2S/c1-7-9-17(2,3)15-13-21-16(19-15)11-18(4,5)14-8-10-20(6)12-14/h8,10,12-13H,7,9,11H2,1-6H3. The van der Waals surface area contributed by atoms with Gasteiger partial charge < -0.3 is 4.57 Å². The molecule has 21 heavy (non-hydrogen) atoms. The third kappa shape index (κ3) is 3.76. The Balaban J connectivity index is 2.15. The fourth-order valence-electron chi connectivity index (χ4n) is 2.84. The second-order valence-corrected chi connectivity index (χ2v) is 8.33. The van der Waals surface area contributed by atoms with Gasteiger partial charge in [0.15, 0.2) is 0 Å². The van der Waals surface area contributed by atoms with E-state index in [-0.39, 0.29) is 10.8 Å². The second kappa shape index (κ2) is 5.96. The predicted octanol–water partition coefficient (Wildman–Crippen LogP) is 5.08. The Morgan fingerprint density at radius 2 is 1.90 bits per heavy atom. The lowest BCUT2D eigenvalue weighted by molar-refractivity contribution is 0.458. The van der Waals surface area contributed by atoms with Gasteiger partial charge in [-0.1, -0.05) is 41.0 Å². The van der Waals surface area contributed by atoms with Crippen molar-refractivity contribution in [3.05, 3.63) is 40.1 Å². The Hall–Kier alpha value is -1.09. The Morgan fingerprint density at radius 3 is 2.48 bits per heavy atom. The Bertz CT molecular complexity index is 590. The number of aromatic nitrogens is 2. The zero-order valence-corrected chi connectivity index (χ0v) is 15.0. The van der Waals surface area contributed by atoms with Crippen molar-refractivity contribution < 1.29 is 0 Å². The molecule has 0 N–H and O–H groups in total. The van der Waals surface area contributed by atoms with Crippen molar-refractivity contribution in [1.29, 1.82) is 0 Å². The van der Waals surface area contributed by atoms with E-state index in [9.17, 15) is 0 Å². The summed E-state index contributed by atoms with van der Waals surface area (Å²) in [5.41, 5.74) is 2.97. The van der Waals surface area contributed by atoms with Gasteiger partial charge >= 0.3 is 0 Å². The van der Waals surface area contributed by atoms with Crippen LogP contribution >= 0.6 is 11.3 Å². The largest absolute Gasteiger partial charge is 0.357 e. The maximum atomic E-state index is 4.93. The molecule has 0 aliphatic carbocycles. The molecule has 0 aliphatic heterocycles. The summed E-state index contributed by atoms with van der Waals surface area (Å²) in [5, 5.41) is 3.51. The number of thiazole rings is 1. The van der Waals surface area contributed by atoms with Crippen molar-refractivity contribution in [3.8, 4) is 0 Å². The molecule has 0 fully saturated rings. The minimum Gasteiger partial charge on any atom is -0.357 e. The number of hydrogen-bond acceptors (Lipinski definition) is 2. The van der Waals surface area contributed by atoms with Crippen LogP contribution in [0.2, 0.25) is 0 Å². The van der Waals surface area contributed by atoms with Gasteiger partial charge in [0, 0.05) is 36.7 Å². The van der Waals surface area contributed by atoms with Gasteiger partial charge in [-0.15, -0.1) is 11.3 Å². The van der Waals surface area contributed by atoms with Crippen LogP contribution in [0.5, 0.6) is 0 Å². The van der Waals surface area contributed by atoms with Gasteiger partial charge in [0.05, 0.1) is 10.7 Å². The summed E-state index contributed by atoms with van der Waals surface area (Å²) in [4.78, 5) is 4.93. The van der Waals surface area contributed by atoms with Crippen molar-refractivity contribution >= 4 is 11.3 Å². The van der Waals surface area contributed by atoms with Crippen molar-refractivity contribution in [1.82, 2.24) is 9.55 Å². The monoisotopic (exact) mass is 304 g/mol. The Labute approximate surface area is 133 Å². The van der Waals surface area contributed by atoms with E-state index in [1.54, 1.807) is 0 Å². The van der Waals surface area contributed by atoms with E-state index in [4.69, 9.17) is 4.98 Å². The van der Waals surface area contributed by atoms with Gasteiger partial charge in [0.2, 0.25) is 0 Å². The molecule has 0 saturated heterocycles. The maximum absolute atomic E-state index is 4.93. The maximum Gasteiger partial charge on any atom is 0.0937 e. The van der Waals surface area contributed by atoms with Gasteiger partial charge in [0.1, 0.15) is 0 Å². The molecule has 0 bridgehead atoms. The summed E-state index contributed by atoms with van der Waals surface area (Å²) in [6.45, 7) is 11.5. The van der Waals surface area contributed by atoms with Crippen LogP contribution < -0.4 is 0 Å². The van der Waals surface area contributed by atoms with Gasteiger partial charge in [0.25, 0.3) is 0 Å². The first-order valence-electron chi connectivity index (χ1n) is 7.82. The average Bonchev–Trinajstić information content (AvgIpc) is 2.98. The molecular weight excluding hydrogens is 276 g/mol. The quantitative estimate of drug-likeness (QED) is 0.727. The number of aryl methyl sites for hydroxylation is 1. The van der Waals surface area contributed by atoms with Crippen LogP contribution in [0, 0.1) is 0 Å². The molecule has 2 aromatic rings. The van der Waals surface area contributed by atoms with E-state index in [0.717, 1.165) is 6.42 Å². The van der Waals surface area contributed by atoms with Gasteiger partial charge in [-0.05, 0) is 23.5 Å². The van der Waals surface area contributed by atoms with E-state index < -0.39 is 0 Å². The molecule has 0 amide bonds. The van der Waals surface area contributed by atoms with Crippen LogP contribution in [-0.4, -0.2) is 9.55 Å². The highest BCUT2D eigenvalue weighted by atomic mass is 32.1. The highest BCUT2D eigenvalue weighted by Gasteiger charge is 2.26. The van der Waals surface area contributed by atoms with Crippen molar-refractivity contribution in [2.45, 2.75) is 64.7 Å². The lowest BCUT2D eigenvalue weighted by atomic mass is 9.83. The summed E-state index contributed by atoms with van der Waals surface area (Å²) >= 11 is 1.81. The van der Waals surface area contributed by atoms with Crippen molar-refractivity contribution in [2.75, 3.05) is 0 Å². The van der Waals surface area contributed by atoms with E-state index >= 15 is 0 Å². The third-order valence-corrected chi connectivity index (χ3v) is 5.18. The first-order valence-corrected chi connectivity index (χ1v) is 8.70. The molecule has 0 aromatic carbocycles. The van der Waals surface area contributed by atoms with Crippen LogP contribution in [0.15, 0.2) is 23.8 Å². The third-order valence-electron chi connectivity index (χ3n) is 4.33. The Kier molecular flexibility index (Phi) is 4.62. The van der Waals surface area contributed by atoms with E-state index in [2.05, 4.69) is 70.1 Å². The Morgan fingerprint density at radius 1 is 1.19 bits per heavy atom. The van der Waals surface area contributed by atoms with Crippen LogP contribution in [0.1, 0.15) is 63.7 Å². The minimum atomic E-state index is 0.130. The molecule has 2 nitrogen and oxygen atoms in total. The van der Waals surface area contributed by atoms with E-state index in [1.807, 2.05) is 11.3 Å². The van der Waals surface area contributed by atoms with Gasteiger partial charge in [-0.25, -0.2) is 4.98 Å². The second-order valence-electron chi connectivity index (χ2n) is 7.39. The molecule has 0 atom stereocenters. The number of rotatable bonds is 6. The predicted molar refractivity (Wildman–Crippen MR) is 92.2 cm³/mol. The molecule has 0 radical (unpaired) electrons. The first-order chi connectivity index (χ1) is 9.74. The van der Waals surface area contributed by atoms with Crippen LogP contribution in [0.3, 0.4) is 0 Å². The van der Waals surface area contributed by atoms with Crippen LogP contribution in [0.4, 0.5) is 0 Å². The summed E-state index contributed by atoms with van der Waals surface area (Å²) in [5.74, 6) is 0. The fourth-order valence-corrected chi connectivity index (χ4v) is 4.05. The molecule has 0 saturated carbocycles. The summed E-state index contributed by atoms with van der Waals surface area (Å²) in [7, 11) is 2.08. The zero-order valence-electron chi connectivity index (χ0n) is 14.2. The van der Waals surface area contributed by atoms with Crippen LogP contribution in [0.25, 0.3) is 0 Å². The zero-order chi connectivity index (χ0) is 15.7. The SMILES string of the molecule is CCCC(C)(C)c1csc(CC(C)(C)c2ccn(C)c2)n1. The number of hydrogen-bond donors (Lipinski definition) is 0. The fraction of sp³-hybridized carbons (Fsp3) is 0.611. The molecule has 2 rings (SSSR count). The van der Waals surface area contributed by atoms with E-state index in [0.29, 0.717) is 0 Å². The molecule has 0 unspecified atom stereocenters. The molecule has 2 heterocycles.